The molecule has 0 spiro atoms. The highest BCUT2D eigenvalue weighted by Gasteiger charge is 2.30. The summed E-state index contributed by atoms with van der Waals surface area (Å²) >= 11 is 0. The molecular formula is C11H18N2O2. The molecule has 15 heavy (non-hydrogen) atoms. The molecule has 0 bridgehead atoms. The smallest absolute Gasteiger partial charge is 0.211 e. The van der Waals surface area contributed by atoms with Gasteiger partial charge in [0.1, 0.15) is 0 Å². The Morgan fingerprint density at radius 1 is 1.13 bits per heavy atom. The zero-order valence-corrected chi connectivity index (χ0v) is 9.83. The minimum Gasteiger partial charge on any atom is -0.211 e. The SMILES string of the molecule is CCC(C)(CC(C)(C)CN=C=O)N=C=O. The molecule has 1 atom stereocenters. The third-order valence-electron chi connectivity index (χ3n) is 2.51. The lowest BCUT2D eigenvalue weighted by atomic mass is 9.78. The molecule has 0 rings (SSSR count). The molecule has 0 aliphatic heterocycles. The molecule has 0 saturated heterocycles. The van der Waals surface area contributed by atoms with Crippen molar-refractivity contribution in [1.29, 1.82) is 0 Å². The third kappa shape index (κ3) is 5.26. The Balaban J connectivity index is 4.65. The lowest BCUT2D eigenvalue weighted by molar-refractivity contribution is 0.251. The normalized spacial score (nSPS) is 14.7. The number of isocyanates is 2. The highest BCUT2D eigenvalue weighted by atomic mass is 16.1. The van der Waals surface area contributed by atoms with Crippen LogP contribution in [0.1, 0.15) is 40.5 Å². The van der Waals surface area contributed by atoms with E-state index in [1.807, 2.05) is 27.7 Å². The van der Waals surface area contributed by atoms with Crippen molar-refractivity contribution in [3.63, 3.8) is 0 Å². The summed E-state index contributed by atoms with van der Waals surface area (Å²) in [6.45, 7) is 8.26. The van der Waals surface area contributed by atoms with Gasteiger partial charge in [-0.25, -0.2) is 14.6 Å². The van der Waals surface area contributed by atoms with Crippen molar-refractivity contribution in [3.05, 3.63) is 0 Å². The minimum absolute atomic E-state index is 0.164. The van der Waals surface area contributed by atoms with Crippen LogP contribution in [-0.2, 0) is 9.59 Å². The van der Waals surface area contributed by atoms with Crippen LogP contribution in [0.25, 0.3) is 0 Å². The maximum absolute atomic E-state index is 10.3. The first kappa shape index (κ1) is 13.8. The van der Waals surface area contributed by atoms with E-state index in [9.17, 15) is 9.59 Å². The number of hydrogen-bond donors (Lipinski definition) is 0. The van der Waals surface area contributed by atoms with Crippen molar-refractivity contribution in [2.24, 2.45) is 15.4 Å². The number of carbonyl (C=O) groups excluding carboxylic acids is 2. The molecule has 0 fully saturated rings. The van der Waals surface area contributed by atoms with Crippen molar-refractivity contribution < 1.29 is 9.59 Å². The molecule has 0 aliphatic carbocycles. The Labute approximate surface area is 90.5 Å². The Morgan fingerprint density at radius 3 is 2.13 bits per heavy atom. The van der Waals surface area contributed by atoms with Crippen LogP contribution in [0.2, 0.25) is 0 Å². The van der Waals surface area contributed by atoms with Gasteiger partial charge >= 0.3 is 0 Å². The second-order valence-electron chi connectivity index (χ2n) is 4.80. The molecule has 0 radical (unpaired) electrons. The number of aliphatic imine (C=N–C) groups is 2. The predicted octanol–water partition coefficient (Wildman–Crippen LogP) is 2.24. The number of nitrogens with zero attached hydrogens (tertiary/aromatic N) is 2. The fourth-order valence-corrected chi connectivity index (χ4v) is 1.69. The van der Waals surface area contributed by atoms with E-state index in [0.717, 1.165) is 6.42 Å². The van der Waals surface area contributed by atoms with Crippen LogP contribution < -0.4 is 0 Å². The average Bonchev–Trinajstić information content (AvgIpc) is 2.14. The van der Waals surface area contributed by atoms with Crippen LogP contribution >= 0.6 is 0 Å². The van der Waals surface area contributed by atoms with Gasteiger partial charge in [-0.1, -0.05) is 20.8 Å². The number of hydrogen-bond acceptors (Lipinski definition) is 4. The van der Waals surface area contributed by atoms with Gasteiger partial charge in [0, 0.05) is 0 Å². The molecular weight excluding hydrogens is 192 g/mol. The molecule has 1 unspecified atom stereocenters. The number of rotatable bonds is 6. The van der Waals surface area contributed by atoms with E-state index < -0.39 is 5.54 Å². The Morgan fingerprint density at radius 2 is 1.73 bits per heavy atom. The van der Waals surface area contributed by atoms with E-state index in [-0.39, 0.29) is 5.41 Å². The molecule has 4 nitrogen and oxygen atoms in total. The van der Waals surface area contributed by atoms with Crippen molar-refractivity contribution in [3.8, 4) is 0 Å². The summed E-state index contributed by atoms with van der Waals surface area (Å²) in [7, 11) is 0. The van der Waals surface area contributed by atoms with Gasteiger partial charge in [-0.15, -0.1) is 0 Å². The summed E-state index contributed by atoms with van der Waals surface area (Å²) in [5, 5.41) is 0. The maximum Gasteiger partial charge on any atom is 0.235 e. The lowest BCUT2D eigenvalue weighted by Crippen LogP contribution is -2.31. The van der Waals surface area contributed by atoms with Crippen LogP contribution in [-0.4, -0.2) is 24.2 Å². The lowest BCUT2D eigenvalue weighted by Gasteiger charge is -2.31. The van der Waals surface area contributed by atoms with Crippen molar-refractivity contribution in [1.82, 2.24) is 0 Å². The monoisotopic (exact) mass is 210 g/mol. The van der Waals surface area contributed by atoms with E-state index in [1.165, 1.54) is 6.08 Å². The molecule has 0 aromatic rings. The fraction of sp³-hybridized carbons (Fsp3) is 0.818. The average molecular weight is 210 g/mol. The van der Waals surface area contributed by atoms with Crippen LogP contribution in [0.15, 0.2) is 9.98 Å². The Bertz CT molecular complexity index is 300. The second-order valence-corrected chi connectivity index (χ2v) is 4.80. The van der Waals surface area contributed by atoms with E-state index in [2.05, 4.69) is 9.98 Å². The Kier molecular flexibility index (Phi) is 5.13. The summed E-state index contributed by atoms with van der Waals surface area (Å²) in [5.41, 5.74) is -0.577. The van der Waals surface area contributed by atoms with Gasteiger partial charge in [0.25, 0.3) is 0 Å². The fourth-order valence-electron chi connectivity index (χ4n) is 1.69. The first-order valence-corrected chi connectivity index (χ1v) is 5.02. The summed E-state index contributed by atoms with van der Waals surface area (Å²) < 4.78 is 0. The van der Waals surface area contributed by atoms with Crippen LogP contribution in [0.3, 0.4) is 0 Å². The zero-order valence-electron chi connectivity index (χ0n) is 9.83. The van der Waals surface area contributed by atoms with Crippen LogP contribution in [0.5, 0.6) is 0 Å². The quantitative estimate of drug-likeness (QED) is 0.498. The topological polar surface area (TPSA) is 58.9 Å². The van der Waals surface area contributed by atoms with E-state index >= 15 is 0 Å². The van der Waals surface area contributed by atoms with Gasteiger partial charge in [0.15, 0.2) is 0 Å². The van der Waals surface area contributed by atoms with Gasteiger partial charge in [-0.3, -0.25) is 0 Å². The molecule has 0 aliphatic rings. The van der Waals surface area contributed by atoms with Gasteiger partial charge in [0.2, 0.25) is 12.2 Å². The predicted molar refractivity (Wildman–Crippen MR) is 58.2 cm³/mol. The molecule has 0 N–H and O–H groups in total. The summed E-state index contributed by atoms with van der Waals surface area (Å²) in [6.07, 6.45) is 4.58. The van der Waals surface area contributed by atoms with Gasteiger partial charge in [-0.2, -0.15) is 4.99 Å². The molecule has 0 heterocycles. The minimum atomic E-state index is -0.413. The van der Waals surface area contributed by atoms with E-state index in [1.54, 1.807) is 6.08 Å². The van der Waals surface area contributed by atoms with Gasteiger partial charge in [-0.05, 0) is 25.2 Å². The third-order valence-corrected chi connectivity index (χ3v) is 2.51. The molecule has 0 amide bonds. The summed E-state index contributed by atoms with van der Waals surface area (Å²) in [6, 6.07) is 0. The van der Waals surface area contributed by atoms with E-state index in [0.29, 0.717) is 13.0 Å². The molecule has 0 aromatic heterocycles. The standard InChI is InChI=1S/C11H18N2O2/c1-5-11(4,13-9-15)6-10(2,3)7-12-8-14/h5-7H2,1-4H3. The summed E-state index contributed by atoms with van der Waals surface area (Å²) in [5.74, 6) is 0. The molecule has 0 saturated carbocycles. The van der Waals surface area contributed by atoms with Crippen molar-refractivity contribution >= 4 is 12.2 Å². The second kappa shape index (κ2) is 5.59. The molecule has 4 heteroatoms. The van der Waals surface area contributed by atoms with Gasteiger partial charge in [0.05, 0.1) is 12.1 Å². The highest BCUT2D eigenvalue weighted by Crippen LogP contribution is 2.32. The Hall–Kier alpha value is -1.24. The van der Waals surface area contributed by atoms with Crippen molar-refractivity contribution in [2.75, 3.05) is 6.54 Å². The van der Waals surface area contributed by atoms with E-state index in [4.69, 9.17) is 0 Å². The molecule has 84 valence electrons. The zero-order chi connectivity index (χ0) is 11.9. The van der Waals surface area contributed by atoms with Crippen LogP contribution in [0.4, 0.5) is 0 Å². The summed E-state index contributed by atoms with van der Waals surface area (Å²) in [4.78, 5) is 27.7. The first-order chi connectivity index (χ1) is 6.89. The first-order valence-electron chi connectivity index (χ1n) is 5.02. The van der Waals surface area contributed by atoms with Crippen LogP contribution in [0, 0.1) is 5.41 Å². The molecule has 0 aromatic carbocycles. The highest BCUT2D eigenvalue weighted by molar-refractivity contribution is 5.35. The van der Waals surface area contributed by atoms with Crippen molar-refractivity contribution in [2.45, 2.75) is 46.1 Å². The van der Waals surface area contributed by atoms with Gasteiger partial charge < -0.3 is 0 Å². The largest absolute Gasteiger partial charge is 0.235 e. The maximum atomic E-state index is 10.3.